The van der Waals surface area contributed by atoms with Gasteiger partial charge in [0.25, 0.3) is 5.89 Å². The highest BCUT2D eigenvalue weighted by Gasteiger charge is 2.27. The van der Waals surface area contributed by atoms with Crippen LogP contribution in [0.25, 0.3) is 11.6 Å². The number of nitrogens with one attached hydrogen (secondary N) is 1. The zero-order valence-electron chi connectivity index (χ0n) is 12.0. The van der Waals surface area contributed by atoms with E-state index in [1.807, 2.05) is 0 Å². The lowest BCUT2D eigenvalue weighted by atomic mass is 9.77. The van der Waals surface area contributed by atoms with E-state index in [4.69, 9.17) is 10.3 Å². The van der Waals surface area contributed by atoms with E-state index < -0.39 is 0 Å². The van der Waals surface area contributed by atoms with Gasteiger partial charge in [-0.25, -0.2) is 0 Å². The van der Waals surface area contributed by atoms with Crippen molar-refractivity contribution in [1.82, 2.24) is 20.3 Å². The maximum absolute atomic E-state index is 5.58. The molecule has 1 aliphatic rings. The molecule has 1 saturated carbocycles. The average molecular weight is 275 g/mol. The summed E-state index contributed by atoms with van der Waals surface area (Å²) in [5.74, 6) is 3.74. The van der Waals surface area contributed by atoms with Crippen LogP contribution in [0.1, 0.15) is 51.3 Å². The highest BCUT2D eigenvalue weighted by Crippen LogP contribution is 2.37. The predicted octanol–water partition coefficient (Wildman–Crippen LogP) is 2.97. The van der Waals surface area contributed by atoms with Gasteiger partial charge in [0, 0.05) is 12.0 Å². The van der Waals surface area contributed by atoms with Gasteiger partial charge in [0.05, 0.1) is 0 Å². The summed E-state index contributed by atoms with van der Waals surface area (Å²) < 4.78 is 5.30. The van der Waals surface area contributed by atoms with Crippen molar-refractivity contribution in [3.8, 4) is 11.6 Å². The van der Waals surface area contributed by atoms with E-state index in [1.165, 1.54) is 12.8 Å². The first-order chi connectivity index (χ1) is 9.63. The van der Waals surface area contributed by atoms with E-state index in [0.29, 0.717) is 23.3 Å². The molecule has 0 unspecified atom stereocenters. The van der Waals surface area contributed by atoms with E-state index >= 15 is 0 Å². The van der Waals surface area contributed by atoms with Crippen molar-refractivity contribution >= 4 is 5.82 Å². The Morgan fingerprint density at radius 2 is 2.05 bits per heavy atom. The Balaban J connectivity index is 1.69. The summed E-state index contributed by atoms with van der Waals surface area (Å²) in [6.45, 7) is 4.61. The lowest BCUT2D eigenvalue weighted by molar-refractivity contribution is 0.252. The third-order valence-electron chi connectivity index (χ3n) is 4.35. The molecule has 1 aliphatic carbocycles. The molecule has 108 valence electrons. The third-order valence-corrected chi connectivity index (χ3v) is 4.35. The largest absolute Gasteiger partial charge is 0.382 e. The number of hydrogen-bond donors (Lipinski definition) is 2. The minimum atomic E-state index is 0.419. The minimum absolute atomic E-state index is 0.419. The zero-order chi connectivity index (χ0) is 14.1. The summed E-state index contributed by atoms with van der Waals surface area (Å²) in [5.41, 5.74) is 6.25. The number of nitrogens with zero attached hydrogens (tertiary/aromatic N) is 3. The number of H-pyrrole nitrogens is 1. The molecule has 0 radical (unpaired) electrons. The number of aromatic nitrogens is 4. The van der Waals surface area contributed by atoms with Crippen molar-refractivity contribution in [2.75, 3.05) is 5.73 Å². The molecule has 6 heteroatoms. The summed E-state index contributed by atoms with van der Waals surface area (Å²) in [5, 5.41) is 10.8. The topological polar surface area (TPSA) is 93.6 Å². The highest BCUT2D eigenvalue weighted by atomic mass is 16.5. The Labute approximate surface area is 118 Å². The van der Waals surface area contributed by atoms with Gasteiger partial charge in [0.2, 0.25) is 0 Å². The minimum Gasteiger partial charge on any atom is -0.382 e. The molecule has 2 aromatic heterocycles. The molecular formula is C14H21N5O. The van der Waals surface area contributed by atoms with Crippen molar-refractivity contribution in [1.29, 1.82) is 0 Å². The number of nitrogens with two attached hydrogens (primary N) is 1. The van der Waals surface area contributed by atoms with Crippen LogP contribution in [0.5, 0.6) is 0 Å². The fourth-order valence-corrected chi connectivity index (χ4v) is 3.00. The number of aromatic amines is 1. The number of hydrogen-bond acceptors (Lipinski definition) is 5. The summed E-state index contributed by atoms with van der Waals surface area (Å²) in [6.07, 6.45) is 4.80. The fourth-order valence-electron chi connectivity index (χ4n) is 3.00. The van der Waals surface area contributed by atoms with E-state index in [-0.39, 0.29) is 0 Å². The Bertz CT molecular complexity index is 566. The number of rotatable bonds is 3. The smallest absolute Gasteiger partial charge is 0.276 e. The van der Waals surface area contributed by atoms with Crippen LogP contribution < -0.4 is 5.73 Å². The molecular weight excluding hydrogens is 254 g/mol. The molecule has 6 nitrogen and oxygen atoms in total. The van der Waals surface area contributed by atoms with Gasteiger partial charge < -0.3 is 10.3 Å². The van der Waals surface area contributed by atoms with E-state index in [0.717, 1.165) is 30.5 Å². The molecule has 0 atom stereocenters. The Kier molecular flexibility index (Phi) is 3.46. The number of nitrogen functional groups attached to an aromatic ring is 1. The van der Waals surface area contributed by atoms with Crippen molar-refractivity contribution in [2.24, 2.45) is 11.8 Å². The quantitative estimate of drug-likeness (QED) is 0.898. The van der Waals surface area contributed by atoms with Crippen LogP contribution in [0.3, 0.4) is 0 Å². The fraction of sp³-hybridized carbons (Fsp3) is 0.643. The van der Waals surface area contributed by atoms with Crippen molar-refractivity contribution in [3.05, 3.63) is 11.9 Å². The standard InChI is InChI=1S/C14H21N5O/c1-8(2)9-3-5-10(6-4-9)13-16-14(20-19-13)11-7-12(15)18-17-11/h7-10H,3-6H2,1-2H3,(H3,15,17,18). The van der Waals surface area contributed by atoms with Crippen LogP contribution in [0, 0.1) is 11.8 Å². The molecule has 0 aromatic carbocycles. The second kappa shape index (κ2) is 5.26. The van der Waals surface area contributed by atoms with Crippen LogP contribution in [0.4, 0.5) is 5.82 Å². The molecule has 2 aromatic rings. The SMILES string of the molecule is CC(C)C1CCC(c2noc(-c3cc(N)n[nH]3)n2)CC1. The molecule has 3 rings (SSSR count). The van der Waals surface area contributed by atoms with Crippen LogP contribution in [0.2, 0.25) is 0 Å². The van der Waals surface area contributed by atoms with Crippen LogP contribution in [-0.4, -0.2) is 20.3 Å². The van der Waals surface area contributed by atoms with E-state index in [2.05, 4.69) is 34.2 Å². The third kappa shape index (κ3) is 2.55. The van der Waals surface area contributed by atoms with Crippen LogP contribution in [-0.2, 0) is 0 Å². The zero-order valence-corrected chi connectivity index (χ0v) is 12.0. The molecule has 0 aliphatic heterocycles. The number of anilines is 1. The van der Waals surface area contributed by atoms with Gasteiger partial charge >= 0.3 is 0 Å². The molecule has 3 N–H and O–H groups in total. The van der Waals surface area contributed by atoms with E-state index in [1.54, 1.807) is 6.07 Å². The van der Waals surface area contributed by atoms with Crippen molar-refractivity contribution < 1.29 is 4.52 Å². The second-order valence-electron chi connectivity index (χ2n) is 6.02. The molecule has 0 bridgehead atoms. The summed E-state index contributed by atoms with van der Waals surface area (Å²) in [7, 11) is 0. The predicted molar refractivity (Wildman–Crippen MR) is 75.8 cm³/mol. The molecule has 0 saturated heterocycles. The van der Waals surface area contributed by atoms with Gasteiger partial charge in [0.15, 0.2) is 5.82 Å². The maximum atomic E-state index is 5.58. The Morgan fingerprint density at radius 3 is 2.65 bits per heavy atom. The van der Waals surface area contributed by atoms with Gasteiger partial charge in [-0.2, -0.15) is 10.1 Å². The molecule has 2 heterocycles. The summed E-state index contributed by atoms with van der Waals surface area (Å²) >= 11 is 0. The molecule has 20 heavy (non-hydrogen) atoms. The van der Waals surface area contributed by atoms with Crippen molar-refractivity contribution in [3.63, 3.8) is 0 Å². The highest BCUT2D eigenvalue weighted by molar-refractivity contribution is 5.51. The normalized spacial score (nSPS) is 23.4. The Hall–Kier alpha value is -1.85. The van der Waals surface area contributed by atoms with Crippen LogP contribution in [0.15, 0.2) is 10.6 Å². The van der Waals surface area contributed by atoms with Gasteiger partial charge in [0.1, 0.15) is 11.5 Å². The van der Waals surface area contributed by atoms with Crippen molar-refractivity contribution in [2.45, 2.75) is 45.4 Å². The molecule has 1 fully saturated rings. The van der Waals surface area contributed by atoms with Gasteiger partial charge in [-0.1, -0.05) is 19.0 Å². The van der Waals surface area contributed by atoms with Gasteiger partial charge in [-0.05, 0) is 37.5 Å². The first-order valence-electron chi connectivity index (χ1n) is 7.28. The van der Waals surface area contributed by atoms with Gasteiger partial charge in [-0.3, -0.25) is 5.10 Å². The first-order valence-corrected chi connectivity index (χ1v) is 7.28. The lowest BCUT2D eigenvalue weighted by Crippen LogP contribution is -2.18. The summed E-state index contributed by atoms with van der Waals surface area (Å²) in [6, 6.07) is 1.70. The van der Waals surface area contributed by atoms with E-state index in [9.17, 15) is 0 Å². The monoisotopic (exact) mass is 275 g/mol. The Morgan fingerprint density at radius 1 is 1.30 bits per heavy atom. The van der Waals surface area contributed by atoms with Gasteiger partial charge in [-0.15, -0.1) is 0 Å². The maximum Gasteiger partial charge on any atom is 0.276 e. The average Bonchev–Trinajstić information content (AvgIpc) is 3.07. The molecule has 0 spiro atoms. The summed E-state index contributed by atoms with van der Waals surface area (Å²) in [4.78, 5) is 4.48. The van der Waals surface area contributed by atoms with Crippen LogP contribution >= 0.6 is 0 Å². The lowest BCUT2D eigenvalue weighted by Gasteiger charge is -2.29. The second-order valence-corrected chi connectivity index (χ2v) is 6.02. The first kappa shape index (κ1) is 13.1. The molecule has 0 amide bonds.